The molecule has 3 rings (SSSR count). The number of rotatable bonds is 5. The summed E-state index contributed by atoms with van der Waals surface area (Å²) in [5.74, 6) is -2.27. The lowest BCUT2D eigenvalue weighted by Gasteiger charge is -2.42. The van der Waals surface area contributed by atoms with Crippen LogP contribution in [0.15, 0.2) is 22.1 Å². The van der Waals surface area contributed by atoms with Gasteiger partial charge in [0.2, 0.25) is 5.88 Å². The van der Waals surface area contributed by atoms with Crippen molar-refractivity contribution >= 4 is 29.5 Å². The van der Waals surface area contributed by atoms with Crippen molar-refractivity contribution in [2.24, 2.45) is 0 Å². The average molecular weight is 381 g/mol. The van der Waals surface area contributed by atoms with Crippen molar-refractivity contribution in [3.8, 4) is 0 Å². The van der Waals surface area contributed by atoms with Gasteiger partial charge in [0, 0.05) is 10.6 Å². The largest absolute Gasteiger partial charge is 0.480 e. The number of ether oxygens (including phenoxy) is 1. The highest BCUT2D eigenvalue weighted by Crippen LogP contribution is 2.51. The summed E-state index contributed by atoms with van der Waals surface area (Å²) in [7, 11) is 0. The van der Waals surface area contributed by atoms with Crippen molar-refractivity contribution in [1.29, 1.82) is 0 Å². The maximum atomic E-state index is 13.2. The number of fused-ring (bicyclic) bond motifs is 2. The summed E-state index contributed by atoms with van der Waals surface area (Å²) in [5, 5.41) is 14.2. The van der Waals surface area contributed by atoms with Gasteiger partial charge in [0.1, 0.15) is 6.54 Å². The second-order valence-electron chi connectivity index (χ2n) is 6.49. The van der Waals surface area contributed by atoms with E-state index in [1.54, 1.807) is 23.6 Å². The molecule has 0 saturated heterocycles. The lowest BCUT2D eigenvalue weighted by molar-refractivity contribution is -0.139. The molecule has 2 amide bonds. The molecule has 8 nitrogen and oxygen atoms in total. The van der Waals surface area contributed by atoms with Gasteiger partial charge in [-0.2, -0.15) is 0 Å². The van der Waals surface area contributed by atoms with Crippen LogP contribution in [0.5, 0.6) is 0 Å². The second-order valence-corrected chi connectivity index (χ2v) is 7.99. The summed E-state index contributed by atoms with van der Waals surface area (Å²) in [6, 6.07) is 0. The summed E-state index contributed by atoms with van der Waals surface area (Å²) >= 11 is 1.59. The van der Waals surface area contributed by atoms with E-state index in [1.807, 2.05) is 6.92 Å². The zero-order chi connectivity index (χ0) is 18.9. The minimum atomic E-state index is -1.18. The highest BCUT2D eigenvalue weighted by molar-refractivity contribution is 8.04. The molecule has 2 aliphatic heterocycles. The van der Waals surface area contributed by atoms with Crippen LogP contribution in [0.1, 0.15) is 46.0 Å². The number of amides is 2. The molecule has 2 heterocycles. The van der Waals surface area contributed by atoms with Crippen molar-refractivity contribution in [3.63, 3.8) is 0 Å². The zero-order valence-electron chi connectivity index (χ0n) is 14.9. The monoisotopic (exact) mass is 381 g/mol. The normalized spacial score (nSPS) is 25.3. The summed E-state index contributed by atoms with van der Waals surface area (Å²) in [6.07, 6.45) is 4.92. The van der Waals surface area contributed by atoms with Gasteiger partial charge in [-0.25, -0.2) is 0 Å². The molecule has 1 atom stereocenters. The number of allylic oxidation sites excluding steroid dienone is 2. The van der Waals surface area contributed by atoms with Crippen LogP contribution < -0.4 is 10.6 Å². The molecule has 142 valence electrons. The van der Waals surface area contributed by atoms with Crippen LogP contribution in [-0.2, 0) is 19.1 Å². The van der Waals surface area contributed by atoms with E-state index in [0.29, 0.717) is 0 Å². The maximum absolute atomic E-state index is 13.2. The predicted octanol–water partition coefficient (Wildman–Crippen LogP) is 1.46. The van der Waals surface area contributed by atoms with Crippen molar-refractivity contribution < 1.29 is 24.2 Å². The van der Waals surface area contributed by atoms with Gasteiger partial charge >= 0.3 is 5.97 Å². The molecule has 0 aromatic rings. The van der Waals surface area contributed by atoms with Gasteiger partial charge in [-0.15, -0.1) is 0 Å². The number of carbonyl (C=O) groups excluding carboxylic acids is 2. The van der Waals surface area contributed by atoms with Gasteiger partial charge in [0.05, 0.1) is 6.61 Å². The molecule has 26 heavy (non-hydrogen) atoms. The fraction of sp³-hybridized carbons (Fsp3) is 0.588. The molecule has 0 saturated carbocycles. The van der Waals surface area contributed by atoms with Crippen LogP contribution in [0, 0.1) is 0 Å². The van der Waals surface area contributed by atoms with E-state index >= 15 is 0 Å². The maximum Gasteiger partial charge on any atom is 0.322 e. The highest BCUT2D eigenvalue weighted by Gasteiger charge is 2.52. The summed E-state index contributed by atoms with van der Waals surface area (Å²) in [6.45, 7) is 3.37. The number of hydrogen-bond acceptors (Lipinski definition) is 6. The van der Waals surface area contributed by atoms with Crippen LogP contribution in [0.4, 0.5) is 0 Å². The summed E-state index contributed by atoms with van der Waals surface area (Å²) in [4.78, 5) is 38.6. The van der Waals surface area contributed by atoms with E-state index in [4.69, 9.17) is 9.84 Å². The second kappa shape index (κ2) is 7.22. The van der Waals surface area contributed by atoms with Crippen molar-refractivity contribution in [2.75, 3.05) is 13.2 Å². The van der Waals surface area contributed by atoms with Gasteiger partial charge in [-0.1, -0.05) is 18.2 Å². The number of carbonyl (C=O) groups is 3. The van der Waals surface area contributed by atoms with Crippen LogP contribution in [0.2, 0.25) is 0 Å². The van der Waals surface area contributed by atoms with E-state index in [2.05, 4.69) is 10.6 Å². The number of thioether (sulfide) groups is 1. The minimum absolute atomic E-state index is 0.101. The molecular formula is C17H23N3O5S. The van der Waals surface area contributed by atoms with Gasteiger partial charge in [-0.3, -0.25) is 19.3 Å². The van der Waals surface area contributed by atoms with Crippen molar-refractivity contribution in [1.82, 2.24) is 15.5 Å². The Labute approximate surface area is 156 Å². The number of hydrogen-bond donors (Lipinski definition) is 3. The Kier molecular flexibility index (Phi) is 5.17. The quantitative estimate of drug-likeness (QED) is 0.619. The molecule has 3 N–H and O–H groups in total. The van der Waals surface area contributed by atoms with Crippen LogP contribution >= 0.6 is 11.8 Å². The molecule has 9 heteroatoms. The van der Waals surface area contributed by atoms with E-state index in [1.165, 1.54) is 4.91 Å². The number of aliphatic carboxylic acids is 1. The molecule has 1 aliphatic carbocycles. The fourth-order valence-corrected chi connectivity index (χ4v) is 4.97. The smallest absolute Gasteiger partial charge is 0.322 e. The Balaban J connectivity index is 1.96. The first kappa shape index (κ1) is 18.6. The van der Waals surface area contributed by atoms with E-state index < -0.39 is 29.3 Å². The van der Waals surface area contributed by atoms with Crippen LogP contribution in [0.25, 0.3) is 0 Å². The van der Waals surface area contributed by atoms with Gasteiger partial charge in [-0.05, 0) is 39.5 Å². The SMILES string of the molecule is CCOC1=C(C(=O)NCC(=O)O)C(=O)N2C3=C(CCCCC3)SC2(C)N1. The standard InChI is InChI=1S/C17H23N3O5S/c1-3-25-15-13(14(23)18-9-12(21)22)16(24)20-10-7-5-4-6-8-11(10)26-17(20,2)19-15/h19H,3-9H2,1-2H3,(H,18,23)(H,21,22). The van der Waals surface area contributed by atoms with Gasteiger partial charge in [0.15, 0.2) is 10.6 Å². The summed E-state index contributed by atoms with van der Waals surface area (Å²) in [5.41, 5.74) is 0.788. The molecule has 0 radical (unpaired) electrons. The molecule has 0 aromatic carbocycles. The molecule has 0 fully saturated rings. The first-order valence-electron chi connectivity index (χ1n) is 8.78. The lowest BCUT2D eigenvalue weighted by atomic mass is 10.1. The lowest BCUT2D eigenvalue weighted by Crippen LogP contribution is -2.59. The van der Waals surface area contributed by atoms with Crippen LogP contribution in [-0.4, -0.2) is 45.9 Å². The number of nitrogens with one attached hydrogen (secondary N) is 2. The molecular weight excluding hydrogens is 358 g/mol. The Morgan fingerprint density at radius 3 is 2.77 bits per heavy atom. The van der Waals surface area contributed by atoms with Gasteiger partial charge in [0.25, 0.3) is 11.8 Å². The van der Waals surface area contributed by atoms with Crippen molar-refractivity contribution in [2.45, 2.75) is 50.9 Å². The third-order valence-corrected chi connectivity index (χ3v) is 5.93. The fourth-order valence-electron chi connectivity index (χ4n) is 3.50. The highest BCUT2D eigenvalue weighted by atomic mass is 32.2. The predicted molar refractivity (Wildman–Crippen MR) is 95.4 cm³/mol. The first-order valence-corrected chi connectivity index (χ1v) is 9.60. The number of carboxylic acids is 1. The number of nitrogens with zero attached hydrogens (tertiary/aromatic N) is 1. The number of carboxylic acid groups (broad SMARTS) is 1. The minimum Gasteiger partial charge on any atom is -0.480 e. The van der Waals surface area contributed by atoms with Gasteiger partial charge < -0.3 is 20.5 Å². The Hall–Kier alpha value is -2.16. The van der Waals surface area contributed by atoms with E-state index in [9.17, 15) is 14.4 Å². The van der Waals surface area contributed by atoms with Crippen LogP contribution in [0.3, 0.4) is 0 Å². The molecule has 0 aromatic heterocycles. The topological polar surface area (TPSA) is 108 Å². The van der Waals surface area contributed by atoms with E-state index in [0.717, 1.165) is 37.8 Å². The Bertz CT molecular complexity index is 717. The Morgan fingerprint density at radius 2 is 2.08 bits per heavy atom. The first-order chi connectivity index (χ1) is 12.4. The molecule has 1 unspecified atom stereocenters. The molecule has 0 spiro atoms. The third-order valence-electron chi connectivity index (χ3n) is 4.56. The third kappa shape index (κ3) is 3.27. The molecule has 0 bridgehead atoms. The van der Waals surface area contributed by atoms with E-state index in [-0.39, 0.29) is 18.1 Å². The zero-order valence-corrected chi connectivity index (χ0v) is 15.7. The van der Waals surface area contributed by atoms with Crippen molar-refractivity contribution in [3.05, 3.63) is 22.1 Å². The Morgan fingerprint density at radius 1 is 1.35 bits per heavy atom. The summed E-state index contributed by atoms with van der Waals surface area (Å²) < 4.78 is 5.53. The molecule has 3 aliphatic rings. The average Bonchev–Trinajstić information content (AvgIpc) is 2.69.